The third-order valence-corrected chi connectivity index (χ3v) is 11.5. The van der Waals surface area contributed by atoms with Gasteiger partial charge in [-0.1, -0.05) is 232 Å². The molecule has 1 unspecified atom stereocenters. The van der Waals surface area contributed by atoms with Gasteiger partial charge in [0.15, 0.2) is 6.10 Å². The van der Waals surface area contributed by atoms with E-state index in [4.69, 9.17) is 14.2 Å². The van der Waals surface area contributed by atoms with Crippen LogP contribution in [0.25, 0.3) is 0 Å². The second-order valence-corrected chi connectivity index (χ2v) is 18.1. The lowest BCUT2D eigenvalue weighted by Gasteiger charge is -2.18. The predicted molar refractivity (Wildman–Crippen MR) is 297 cm³/mol. The molecule has 0 rings (SSSR count). The molecule has 6 heteroatoms. The average Bonchev–Trinajstić information content (AvgIpc) is 3.35. The van der Waals surface area contributed by atoms with E-state index in [1.807, 2.05) is 0 Å². The molecule has 0 heterocycles. The first-order valence-electron chi connectivity index (χ1n) is 28.0. The Kier molecular flexibility index (Phi) is 53.0. The minimum absolute atomic E-state index is 0.0974. The van der Waals surface area contributed by atoms with Crippen LogP contribution in [-0.4, -0.2) is 37.2 Å². The highest BCUT2D eigenvalue weighted by Crippen LogP contribution is 2.14. The fourth-order valence-electron chi connectivity index (χ4n) is 7.32. The van der Waals surface area contributed by atoms with Gasteiger partial charge in [0.1, 0.15) is 13.2 Å². The number of hydrogen-bond acceptors (Lipinski definition) is 6. The number of rotatable bonds is 49. The van der Waals surface area contributed by atoms with Crippen molar-refractivity contribution in [2.45, 2.75) is 245 Å². The first-order chi connectivity index (χ1) is 34.0. The van der Waals surface area contributed by atoms with Gasteiger partial charge in [0, 0.05) is 19.3 Å². The van der Waals surface area contributed by atoms with Crippen LogP contribution in [0.3, 0.4) is 0 Å². The fourth-order valence-corrected chi connectivity index (χ4v) is 7.32. The normalized spacial score (nSPS) is 13.0. The van der Waals surface area contributed by atoms with Crippen LogP contribution >= 0.6 is 0 Å². The Labute approximate surface area is 424 Å². The number of unbranched alkanes of at least 4 members (excludes halogenated alkanes) is 18. The average molecular weight is 956 g/mol. The molecule has 0 bridgehead atoms. The van der Waals surface area contributed by atoms with Crippen molar-refractivity contribution >= 4 is 17.9 Å². The summed E-state index contributed by atoms with van der Waals surface area (Å²) < 4.78 is 16.7. The molecule has 1 atom stereocenters. The van der Waals surface area contributed by atoms with Gasteiger partial charge in [-0.05, 0) is 109 Å². The maximum absolute atomic E-state index is 12.8. The van der Waals surface area contributed by atoms with Crippen molar-refractivity contribution in [1.29, 1.82) is 0 Å². The van der Waals surface area contributed by atoms with Crippen LogP contribution < -0.4 is 0 Å². The van der Waals surface area contributed by atoms with Crippen molar-refractivity contribution in [1.82, 2.24) is 0 Å². The second-order valence-electron chi connectivity index (χ2n) is 18.1. The Morgan fingerprint density at radius 1 is 0.304 bits per heavy atom. The molecule has 0 radical (unpaired) electrons. The maximum Gasteiger partial charge on any atom is 0.306 e. The van der Waals surface area contributed by atoms with Gasteiger partial charge in [-0.25, -0.2) is 0 Å². The van der Waals surface area contributed by atoms with E-state index in [1.54, 1.807) is 0 Å². The molecular weight excluding hydrogens is 853 g/mol. The Morgan fingerprint density at radius 3 is 0.913 bits per heavy atom. The highest BCUT2D eigenvalue weighted by atomic mass is 16.6. The molecule has 0 saturated heterocycles. The van der Waals surface area contributed by atoms with E-state index >= 15 is 0 Å². The van der Waals surface area contributed by atoms with Gasteiger partial charge in [0.25, 0.3) is 0 Å². The number of carbonyl (C=O) groups excluding carboxylic acids is 3. The van der Waals surface area contributed by atoms with Crippen molar-refractivity contribution < 1.29 is 28.6 Å². The monoisotopic (exact) mass is 955 g/mol. The number of carbonyl (C=O) groups is 3. The molecule has 0 aromatic rings. The molecule has 0 spiro atoms. The summed E-state index contributed by atoms with van der Waals surface area (Å²) in [4.78, 5) is 37.9. The summed E-state index contributed by atoms with van der Waals surface area (Å²) in [6.45, 7) is 6.32. The van der Waals surface area contributed by atoms with Crippen LogP contribution in [0.5, 0.6) is 0 Å². The van der Waals surface area contributed by atoms with Crippen LogP contribution in [0, 0.1) is 0 Å². The molecule has 0 aromatic heterocycles. The van der Waals surface area contributed by atoms with Gasteiger partial charge in [-0.15, -0.1) is 0 Å². The molecule has 0 N–H and O–H groups in total. The largest absolute Gasteiger partial charge is 0.462 e. The van der Waals surface area contributed by atoms with Crippen LogP contribution in [0.4, 0.5) is 0 Å². The zero-order valence-electron chi connectivity index (χ0n) is 44.5. The highest BCUT2D eigenvalue weighted by molar-refractivity contribution is 5.71. The first kappa shape index (κ1) is 64.8. The Balaban J connectivity index is 4.20. The van der Waals surface area contributed by atoms with Crippen LogP contribution in [0.1, 0.15) is 239 Å². The topological polar surface area (TPSA) is 78.9 Å². The molecule has 0 aliphatic rings. The molecule has 0 saturated carbocycles. The van der Waals surface area contributed by atoms with E-state index < -0.39 is 6.10 Å². The van der Waals surface area contributed by atoms with E-state index in [2.05, 4.69) is 142 Å². The van der Waals surface area contributed by atoms with Crippen LogP contribution in [-0.2, 0) is 28.6 Å². The van der Waals surface area contributed by atoms with Gasteiger partial charge in [0.2, 0.25) is 0 Å². The van der Waals surface area contributed by atoms with Gasteiger partial charge in [-0.2, -0.15) is 0 Å². The predicted octanol–water partition coefficient (Wildman–Crippen LogP) is 18.9. The van der Waals surface area contributed by atoms with Crippen LogP contribution in [0.2, 0.25) is 0 Å². The molecule has 0 fully saturated rings. The standard InChI is InChI=1S/C63H102O6/c1-4-7-10-13-16-18-20-22-24-25-26-27-28-29-30-31-32-33-34-35-36-37-39-40-42-44-47-50-53-56-62(65)68-59-60(58-67-61(64)55-52-49-46-15-12-9-6-3)69-63(66)57-54-51-48-45-43-41-38-23-21-19-17-14-11-8-5-2/h7-8,10-11,16-19,22-24,26-27,29-30,32-33,38,43,45,60H,4-6,9,12-15,20-21,25,28,31,34-37,39-42,44,46-59H2,1-3H3/b10-7-,11-8-,18-16-,19-17-,24-22-,27-26-,30-29-,33-32-,38-23-,45-43-. The first-order valence-corrected chi connectivity index (χ1v) is 28.0. The van der Waals surface area contributed by atoms with Crippen molar-refractivity contribution in [3.8, 4) is 0 Å². The van der Waals surface area contributed by atoms with E-state index in [0.717, 1.165) is 116 Å². The third-order valence-electron chi connectivity index (χ3n) is 11.5. The van der Waals surface area contributed by atoms with Crippen LogP contribution in [0.15, 0.2) is 122 Å². The summed E-state index contributed by atoms with van der Waals surface area (Å²) in [6.07, 6.45) is 77.9. The fraction of sp³-hybridized carbons (Fsp3) is 0.635. The summed E-state index contributed by atoms with van der Waals surface area (Å²) in [5.74, 6) is -0.955. The molecular formula is C63H102O6. The third kappa shape index (κ3) is 54.6. The van der Waals surface area contributed by atoms with Crippen molar-refractivity contribution in [3.05, 3.63) is 122 Å². The van der Waals surface area contributed by atoms with Gasteiger partial charge >= 0.3 is 17.9 Å². The lowest BCUT2D eigenvalue weighted by atomic mass is 10.1. The quantitative estimate of drug-likeness (QED) is 0.0262. The van der Waals surface area contributed by atoms with Crippen molar-refractivity contribution in [2.75, 3.05) is 13.2 Å². The number of ether oxygens (including phenoxy) is 3. The molecule has 0 aliphatic carbocycles. The van der Waals surface area contributed by atoms with E-state index in [-0.39, 0.29) is 37.5 Å². The SMILES string of the molecule is CC/C=C\C/C=C\C/C=C\C/C=C\C/C=C\C/C=C\CCCCCCCCCCCCC(=O)OCC(COC(=O)CCCCCCCCC)OC(=O)CCCC/C=C\C/C=C\C/C=C\C/C=C\CC. The summed E-state index contributed by atoms with van der Waals surface area (Å²) in [7, 11) is 0. The van der Waals surface area contributed by atoms with E-state index in [9.17, 15) is 14.4 Å². The molecule has 69 heavy (non-hydrogen) atoms. The minimum Gasteiger partial charge on any atom is -0.462 e. The zero-order chi connectivity index (χ0) is 50.0. The zero-order valence-corrected chi connectivity index (χ0v) is 44.5. The summed E-state index contributed by atoms with van der Waals surface area (Å²) in [5.41, 5.74) is 0. The maximum atomic E-state index is 12.8. The van der Waals surface area contributed by atoms with Gasteiger partial charge in [-0.3, -0.25) is 14.4 Å². The van der Waals surface area contributed by atoms with E-state index in [0.29, 0.717) is 19.3 Å². The second kappa shape index (κ2) is 56.4. The Bertz CT molecular complexity index is 1470. The Hall–Kier alpha value is -4.19. The molecule has 0 amide bonds. The van der Waals surface area contributed by atoms with Crippen molar-refractivity contribution in [2.24, 2.45) is 0 Å². The molecule has 0 aliphatic heterocycles. The lowest BCUT2D eigenvalue weighted by Crippen LogP contribution is -2.30. The minimum atomic E-state index is -0.801. The van der Waals surface area contributed by atoms with E-state index in [1.165, 1.54) is 77.0 Å². The van der Waals surface area contributed by atoms with Crippen molar-refractivity contribution in [3.63, 3.8) is 0 Å². The molecule has 0 aromatic carbocycles. The lowest BCUT2D eigenvalue weighted by molar-refractivity contribution is -0.167. The number of hydrogen-bond donors (Lipinski definition) is 0. The smallest absolute Gasteiger partial charge is 0.306 e. The highest BCUT2D eigenvalue weighted by Gasteiger charge is 2.19. The summed E-state index contributed by atoms with van der Waals surface area (Å²) in [5, 5.41) is 0. The van der Waals surface area contributed by atoms with Gasteiger partial charge < -0.3 is 14.2 Å². The molecule has 390 valence electrons. The van der Waals surface area contributed by atoms with Gasteiger partial charge in [0.05, 0.1) is 0 Å². The Morgan fingerprint density at radius 2 is 0.565 bits per heavy atom. The number of esters is 3. The summed E-state index contributed by atoms with van der Waals surface area (Å²) in [6, 6.07) is 0. The summed E-state index contributed by atoms with van der Waals surface area (Å²) >= 11 is 0. The molecule has 6 nitrogen and oxygen atoms in total. The number of allylic oxidation sites excluding steroid dienone is 20.